The second kappa shape index (κ2) is 13.2. The molecule has 0 aliphatic heterocycles. The van der Waals surface area contributed by atoms with Gasteiger partial charge in [-0.25, -0.2) is 8.42 Å². The summed E-state index contributed by atoms with van der Waals surface area (Å²) in [5, 5.41) is 4.08. The van der Waals surface area contributed by atoms with E-state index in [1.165, 1.54) is 11.0 Å². The molecule has 7 nitrogen and oxygen atoms in total. The van der Waals surface area contributed by atoms with E-state index in [0.717, 1.165) is 42.7 Å². The first kappa shape index (κ1) is 29.6. The summed E-state index contributed by atoms with van der Waals surface area (Å²) in [4.78, 5) is 28.6. The molecule has 1 fully saturated rings. The Bertz CT molecular complexity index is 1220. The van der Waals surface area contributed by atoms with E-state index in [-0.39, 0.29) is 29.2 Å². The first-order valence-electron chi connectivity index (χ1n) is 12.3. The molecule has 2 aromatic rings. The van der Waals surface area contributed by atoms with Crippen LogP contribution in [0.5, 0.6) is 0 Å². The third-order valence-corrected chi connectivity index (χ3v) is 8.53. The minimum absolute atomic E-state index is 0.00551. The minimum atomic E-state index is -3.87. The highest BCUT2D eigenvalue weighted by Gasteiger charge is 2.33. The zero-order valence-corrected chi connectivity index (χ0v) is 24.0. The van der Waals surface area contributed by atoms with Gasteiger partial charge in [-0.15, -0.1) is 0 Å². The summed E-state index contributed by atoms with van der Waals surface area (Å²) in [5.74, 6) is -0.821. The van der Waals surface area contributed by atoms with Crippen molar-refractivity contribution in [2.45, 2.75) is 64.1 Å². The van der Waals surface area contributed by atoms with Gasteiger partial charge in [-0.3, -0.25) is 13.9 Å². The molecule has 0 unspecified atom stereocenters. The van der Waals surface area contributed by atoms with E-state index < -0.39 is 28.5 Å². The van der Waals surface area contributed by atoms with Crippen LogP contribution in [-0.2, 0) is 26.2 Å². The molecule has 1 aliphatic carbocycles. The topological polar surface area (TPSA) is 86.8 Å². The second-order valence-corrected chi connectivity index (χ2v) is 12.4. The van der Waals surface area contributed by atoms with Crippen molar-refractivity contribution in [3.63, 3.8) is 0 Å². The molecule has 202 valence electrons. The van der Waals surface area contributed by atoms with E-state index in [0.29, 0.717) is 22.0 Å². The number of rotatable bonds is 10. The van der Waals surface area contributed by atoms with Crippen molar-refractivity contribution in [2.75, 3.05) is 17.1 Å². The van der Waals surface area contributed by atoms with Gasteiger partial charge in [0.15, 0.2) is 0 Å². The summed E-state index contributed by atoms with van der Waals surface area (Å²) in [6.45, 7) is 1.30. The van der Waals surface area contributed by atoms with Crippen LogP contribution in [0.25, 0.3) is 0 Å². The highest BCUT2D eigenvalue weighted by atomic mass is 35.5. The van der Waals surface area contributed by atoms with Gasteiger partial charge in [0, 0.05) is 22.6 Å². The van der Waals surface area contributed by atoms with Gasteiger partial charge in [-0.05, 0) is 49.1 Å². The monoisotopic (exact) mass is 587 g/mol. The van der Waals surface area contributed by atoms with Crippen molar-refractivity contribution in [1.82, 2.24) is 10.2 Å². The van der Waals surface area contributed by atoms with Crippen molar-refractivity contribution in [2.24, 2.45) is 0 Å². The van der Waals surface area contributed by atoms with Gasteiger partial charge < -0.3 is 10.2 Å². The Kier molecular flexibility index (Phi) is 10.5. The van der Waals surface area contributed by atoms with Crippen LogP contribution in [0, 0.1) is 0 Å². The normalized spacial score (nSPS) is 15.2. The second-order valence-electron chi connectivity index (χ2n) is 9.25. The minimum Gasteiger partial charge on any atom is -0.352 e. The molecule has 0 radical (unpaired) electrons. The average Bonchev–Trinajstić information content (AvgIpc) is 2.84. The summed E-state index contributed by atoms with van der Waals surface area (Å²) in [7, 11) is -3.87. The number of sulfonamides is 1. The van der Waals surface area contributed by atoms with Crippen molar-refractivity contribution in [3.05, 3.63) is 63.1 Å². The Morgan fingerprint density at radius 1 is 1.03 bits per heavy atom. The number of hydrogen-bond acceptors (Lipinski definition) is 4. The van der Waals surface area contributed by atoms with Crippen LogP contribution in [0.1, 0.15) is 51.0 Å². The van der Waals surface area contributed by atoms with Crippen LogP contribution < -0.4 is 9.62 Å². The molecule has 0 saturated heterocycles. The fraction of sp³-hybridized carbons (Fsp3) is 0.462. The van der Waals surface area contributed by atoms with Crippen molar-refractivity contribution in [3.8, 4) is 0 Å². The fourth-order valence-electron chi connectivity index (χ4n) is 4.55. The quantitative estimate of drug-likeness (QED) is 0.388. The first-order chi connectivity index (χ1) is 17.5. The SMILES string of the molecule is CC[C@@H](C(=O)NC1CCCCC1)N(Cc1ccc(Cl)cc1Cl)C(=O)CN(c1ccccc1Cl)S(C)(=O)=O. The van der Waals surface area contributed by atoms with Gasteiger partial charge in [0.05, 0.1) is 17.0 Å². The number of halogens is 3. The highest BCUT2D eigenvalue weighted by Crippen LogP contribution is 2.29. The zero-order chi connectivity index (χ0) is 27.2. The van der Waals surface area contributed by atoms with Gasteiger partial charge in [-0.2, -0.15) is 0 Å². The van der Waals surface area contributed by atoms with E-state index in [9.17, 15) is 18.0 Å². The molecule has 11 heteroatoms. The lowest BCUT2D eigenvalue weighted by atomic mass is 9.95. The molecule has 0 spiro atoms. The summed E-state index contributed by atoms with van der Waals surface area (Å²) >= 11 is 18.7. The van der Waals surface area contributed by atoms with E-state index in [1.807, 2.05) is 6.92 Å². The predicted molar refractivity (Wildman–Crippen MR) is 150 cm³/mol. The molecule has 1 saturated carbocycles. The van der Waals surface area contributed by atoms with Crippen molar-refractivity contribution in [1.29, 1.82) is 0 Å². The number of benzene rings is 2. The zero-order valence-electron chi connectivity index (χ0n) is 20.9. The maximum atomic E-state index is 13.8. The van der Waals surface area contributed by atoms with Crippen LogP contribution in [0.2, 0.25) is 15.1 Å². The lowest BCUT2D eigenvalue weighted by Crippen LogP contribution is -2.54. The third kappa shape index (κ3) is 7.99. The maximum Gasteiger partial charge on any atom is 0.244 e. The van der Waals surface area contributed by atoms with Gasteiger partial charge in [0.1, 0.15) is 12.6 Å². The molecule has 2 aromatic carbocycles. The molecular weight excluding hydrogens is 557 g/mol. The van der Waals surface area contributed by atoms with Crippen LogP contribution in [0.3, 0.4) is 0 Å². The molecule has 2 amide bonds. The Morgan fingerprint density at radius 3 is 2.30 bits per heavy atom. The van der Waals surface area contributed by atoms with Crippen LogP contribution in [-0.4, -0.2) is 50.0 Å². The summed E-state index contributed by atoms with van der Waals surface area (Å²) in [5.41, 5.74) is 0.774. The first-order valence-corrected chi connectivity index (χ1v) is 15.3. The molecule has 0 heterocycles. The van der Waals surface area contributed by atoms with E-state index in [1.54, 1.807) is 36.4 Å². The smallest absolute Gasteiger partial charge is 0.244 e. The molecule has 0 aromatic heterocycles. The van der Waals surface area contributed by atoms with E-state index >= 15 is 0 Å². The Morgan fingerprint density at radius 2 is 1.70 bits per heavy atom. The largest absolute Gasteiger partial charge is 0.352 e. The molecule has 3 rings (SSSR count). The summed E-state index contributed by atoms with van der Waals surface area (Å²) in [6.07, 6.45) is 6.38. The van der Waals surface area contributed by atoms with Crippen molar-refractivity contribution < 1.29 is 18.0 Å². The van der Waals surface area contributed by atoms with Crippen LogP contribution in [0.15, 0.2) is 42.5 Å². The lowest BCUT2D eigenvalue weighted by molar-refractivity contribution is -0.140. The number of carbonyl (C=O) groups is 2. The van der Waals surface area contributed by atoms with Gasteiger partial charge >= 0.3 is 0 Å². The number of hydrogen-bond donors (Lipinski definition) is 1. The van der Waals surface area contributed by atoms with Gasteiger partial charge in [-0.1, -0.05) is 79.2 Å². The van der Waals surface area contributed by atoms with Crippen molar-refractivity contribution >= 4 is 62.3 Å². The maximum absolute atomic E-state index is 13.8. The molecular formula is C26H32Cl3N3O4S. The summed E-state index contributed by atoms with van der Waals surface area (Å²) < 4.78 is 26.4. The molecule has 1 aliphatic rings. The highest BCUT2D eigenvalue weighted by molar-refractivity contribution is 7.92. The number of anilines is 1. The molecule has 1 N–H and O–H groups in total. The van der Waals surface area contributed by atoms with Crippen LogP contribution >= 0.6 is 34.8 Å². The van der Waals surface area contributed by atoms with E-state index in [2.05, 4.69) is 5.32 Å². The number of nitrogens with zero attached hydrogens (tertiary/aromatic N) is 2. The van der Waals surface area contributed by atoms with Gasteiger partial charge in [0.25, 0.3) is 0 Å². The Hall–Kier alpha value is -2.00. The average molecular weight is 589 g/mol. The molecule has 1 atom stereocenters. The van der Waals surface area contributed by atoms with Gasteiger partial charge in [0.2, 0.25) is 21.8 Å². The standard InChI is InChI=1S/C26H32Cl3N3O4S/c1-3-23(26(34)30-20-9-5-4-6-10-20)31(16-18-13-14-19(27)15-22(18)29)25(33)17-32(37(2,35)36)24-12-8-7-11-21(24)28/h7-8,11-15,20,23H,3-6,9-10,16-17H2,1-2H3,(H,30,34)/t23-/m0/s1. The fourth-order valence-corrected chi connectivity index (χ4v) is 6.16. The third-order valence-electron chi connectivity index (χ3n) is 6.49. The predicted octanol–water partition coefficient (Wildman–Crippen LogP) is 5.67. The van der Waals surface area contributed by atoms with Crippen LogP contribution in [0.4, 0.5) is 5.69 Å². The number of nitrogens with one attached hydrogen (secondary N) is 1. The number of amides is 2. The van der Waals surface area contributed by atoms with E-state index in [4.69, 9.17) is 34.8 Å². The molecule has 0 bridgehead atoms. The Balaban J connectivity index is 1.95. The Labute approximate surface area is 234 Å². The summed E-state index contributed by atoms with van der Waals surface area (Å²) in [6, 6.07) is 10.5. The number of para-hydroxylation sites is 1. The molecule has 37 heavy (non-hydrogen) atoms. The lowest BCUT2D eigenvalue weighted by Gasteiger charge is -2.34. The number of carbonyl (C=O) groups excluding carboxylic acids is 2.